The van der Waals surface area contributed by atoms with E-state index in [0.29, 0.717) is 53.5 Å². The average molecular weight is 422 g/mol. The monoisotopic (exact) mass is 422 g/mol. The van der Waals surface area contributed by atoms with Crippen LogP contribution in [-0.4, -0.2) is 58.8 Å². The van der Waals surface area contributed by atoms with E-state index < -0.39 is 5.91 Å². The number of nitrogens with zero attached hydrogens (tertiary/aromatic N) is 4. The zero-order chi connectivity index (χ0) is 22.0. The second-order valence-electron chi connectivity index (χ2n) is 7.55. The van der Waals surface area contributed by atoms with Crippen LogP contribution in [0.1, 0.15) is 36.5 Å². The fourth-order valence-corrected chi connectivity index (χ4v) is 3.47. The van der Waals surface area contributed by atoms with E-state index in [1.807, 2.05) is 6.92 Å². The second-order valence-corrected chi connectivity index (χ2v) is 7.55. The summed E-state index contributed by atoms with van der Waals surface area (Å²) in [6, 6.07) is 3.39. The summed E-state index contributed by atoms with van der Waals surface area (Å²) >= 11 is 0. The van der Waals surface area contributed by atoms with E-state index in [-0.39, 0.29) is 0 Å². The van der Waals surface area contributed by atoms with Crippen LogP contribution in [0.2, 0.25) is 0 Å². The van der Waals surface area contributed by atoms with Gasteiger partial charge in [-0.3, -0.25) is 9.79 Å². The van der Waals surface area contributed by atoms with Gasteiger partial charge in [0.2, 0.25) is 5.91 Å². The van der Waals surface area contributed by atoms with Gasteiger partial charge >= 0.3 is 0 Å². The number of hydrogen-bond donors (Lipinski definition) is 4. The van der Waals surface area contributed by atoms with E-state index in [4.69, 9.17) is 16.2 Å². The second kappa shape index (κ2) is 8.68. The number of benzene rings is 1. The summed E-state index contributed by atoms with van der Waals surface area (Å²) in [4.78, 5) is 32.8. The first-order chi connectivity index (χ1) is 15.0. The van der Waals surface area contributed by atoms with E-state index in [1.165, 1.54) is 0 Å². The molecule has 1 amide bonds. The van der Waals surface area contributed by atoms with E-state index in [9.17, 15) is 4.79 Å². The number of aromatic amines is 1. The number of carbonyl (C=O) groups is 1. The molecule has 1 saturated heterocycles. The number of amidine groups is 2. The molecular formula is C21H26N8O2. The first-order valence-corrected chi connectivity index (χ1v) is 10.3. The Hall–Kier alpha value is -3.53. The minimum atomic E-state index is -0.521. The standard InChI is InChI=1S/C21H26N8O2/c1-3-25-20(27-11(2)22)21-26-10-15-14-6-13(18(23)30)7-16(17(14)28-19(15)29-21)31-5-4-12-8-24-9-12/h6-7,10,12,24H,3-5,8-9H2,1-2H3,(H2,23,30)(H2,22,25,27)(H,26,28,29). The molecule has 1 aliphatic rings. The van der Waals surface area contributed by atoms with Gasteiger partial charge in [-0.15, -0.1) is 0 Å². The van der Waals surface area contributed by atoms with Crippen LogP contribution in [0.3, 0.4) is 0 Å². The van der Waals surface area contributed by atoms with Crippen LogP contribution in [0.15, 0.2) is 28.3 Å². The Labute approximate surface area is 179 Å². The van der Waals surface area contributed by atoms with Crippen molar-refractivity contribution in [1.82, 2.24) is 20.3 Å². The molecule has 10 heteroatoms. The lowest BCUT2D eigenvalue weighted by Crippen LogP contribution is -2.42. The summed E-state index contributed by atoms with van der Waals surface area (Å²) < 4.78 is 6.04. The van der Waals surface area contributed by atoms with Crippen LogP contribution in [0.4, 0.5) is 0 Å². The number of carbonyl (C=O) groups excluding carboxylic acids is 1. The molecule has 0 aliphatic carbocycles. The smallest absolute Gasteiger partial charge is 0.248 e. The van der Waals surface area contributed by atoms with Crippen molar-refractivity contribution in [3.05, 3.63) is 29.7 Å². The Morgan fingerprint density at radius 1 is 1.29 bits per heavy atom. The molecule has 10 nitrogen and oxygen atoms in total. The number of amides is 1. The summed E-state index contributed by atoms with van der Waals surface area (Å²) in [7, 11) is 0. The number of fused-ring (bicyclic) bond motifs is 3. The summed E-state index contributed by atoms with van der Waals surface area (Å²) in [5, 5.41) is 4.77. The molecule has 0 unspecified atom stereocenters. The van der Waals surface area contributed by atoms with E-state index >= 15 is 0 Å². The quantitative estimate of drug-likeness (QED) is 0.332. The lowest BCUT2D eigenvalue weighted by Gasteiger charge is -2.26. The molecule has 0 bridgehead atoms. The topological polar surface area (TPSA) is 157 Å². The van der Waals surface area contributed by atoms with Crippen LogP contribution in [0.25, 0.3) is 21.9 Å². The third kappa shape index (κ3) is 4.33. The molecule has 4 rings (SSSR count). The largest absolute Gasteiger partial charge is 0.491 e. The first-order valence-electron chi connectivity index (χ1n) is 10.3. The number of nitrogens with two attached hydrogens (primary N) is 2. The average Bonchev–Trinajstić information content (AvgIpc) is 3.07. The maximum atomic E-state index is 11.9. The first kappa shape index (κ1) is 20.7. The fraction of sp³-hybridized carbons (Fsp3) is 0.381. The molecule has 3 aromatic rings. The lowest BCUT2D eigenvalue weighted by molar-refractivity contribution is 0.1000. The number of aromatic nitrogens is 3. The molecule has 6 N–H and O–H groups in total. The van der Waals surface area contributed by atoms with Crippen molar-refractivity contribution in [2.24, 2.45) is 27.4 Å². The van der Waals surface area contributed by atoms with E-state index in [1.54, 1.807) is 25.3 Å². The Morgan fingerprint density at radius 2 is 2.10 bits per heavy atom. The van der Waals surface area contributed by atoms with Crippen molar-refractivity contribution in [3.63, 3.8) is 0 Å². The van der Waals surface area contributed by atoms with Gasteiger partial charge < -0.3 is 26.5 Å². The van der Waals surface area contributed by atoms with Gasteiger partial charge in [-0.2, -0.15) is 0 Å². The molecule has 0 spiro atoms. The van der Waals surface area contributed by atoms with Crippen molar-refractivity contribution in [2.75, 3.05) is 26.2 Å². The molecule has 0 radical (unpaired) electrons. The predicted octanol–water partition coefficient (Wildman–Crippen LogP) is 1.34. The minimum Gasteiger partial charge on any atom is -0.491 e. The van der Waals surface area contributed by atoms with Gasteiger partial charge in [0.1, 0.15) is 11.4 Å². The van der Waals surface area contributed by atoms with Crippen molar-refractivity contribution < 1.29 is 9.53 Å². The Kier molecular flexibility index (Phi) is 5.81. The number of aliphatic imine (C=N–C) groups is 2. The fourth-order valence-electron chi connectivity index (χ4n) is 3.47. The van der Waals surface area contributed by atoms with Crippen LogP contribution < -0.4 is 21.5 Å². The molecule has 1 fully saturated rings. The highest BCUT2D eigenvalue weighted by Gasteiger charge is 2.19. The van der Waals surface area contributed by atoms with E-state index in [0.717, 1.165) is 35.8 Å². The summed E-state index contributed by atoms with van der Waals surface area (Å²) in [5.41, 5.74) is 13.0. The third-order valence-electron chi connectivity index (χ3n) is 5.15. The number of hydrogen-bond acceptors (Lipinski definition) is 6. The lowest BCUT2D eigenvalue weighted by atomic mass is 10.0. The molecule has 3 heterocycles. The Morgan fingerprint density at radius 3 is 2.74 bits per heavy atom. The molecular weight excluding hydrogens is 396 g/mol. The van der Waals surface area contributed by atoms with Gasteiger partial charge in [-0.05, 0) is 51.4 Å². The third-order valence-corrected chi connectivity index (χ3v) is 5.15. The van der Waals surface area contributed by atoms with E-state index in [2.05, 4.69) is 30.3 Å². The van der Waals surface area contributed by atoms with Gasteiger partial charge in [0.15, 0.2) is 11.7 Å². The molecule has 1 aliphatic heterocycles. The number of nitrogens with one attached hydrogen (secondary N) is 2. The Balaban J connectivity index is 1.77. The normalized spacial score (nSPS) is 15.4. The minimum absolute atomic E-state index is 0.362. The molecule has 162 valence electrons. The highest BCUT2D eigenvalue weighted by Crippen LogP contribution is 2.32. The van der Waals surface area contributed by atoms with Gasteiger partial charge in [0.05, 0.1) is 18.0 Å². The number of ether oxygens (including phenoxy) is 1. The van der Waals surface area contributed by atoms with Crippen molar-refractivity contribution in [2.45, 2.75) is 20.3 Å². The van der Waals surface area contributed by atoms with Gasteiger partial charge in [0.25, 0.3) is 0 Å². The number of H-pyrrole nitrogens is 1. The SMILES string of the molecule is CCN=C(N=C(C)N)c1ncc2c(n1)[nH]c1c(OCCC3CNC3)cc(C(N)=O)cc12. The Bertz CT molecular complexity index is 1190. The zero-order valence-corrected chi connectivity index (χ0v) is 17.6. The molecule has 31 heavy (non-hydrogen) atoms. The van der Waals surface area contributed by atoms with Crippen molar-refractivity contribution >= 4 is 39.5 Å². The molecule has 2 aromatic heterocycles. The summed E-state index contributed by atoms with van der Waals surface area (Å²) in [6.45, 7) is 6.68. The van der Waals surface area contributed by atoms with Gasteiger partial charge in [0, 0.05) is 29.1 Å². The highest BCUT2D eigenvalue weighted by molar-refractivity contribution is 6.12. The maximum Gasteiger partial charge on any atom is 0.248 e. The zero-order valence-electron chi connectivity index (χ0n) is 17.6. The number of primary amides is 1. The van der Waals surface area contributed by atoms with Crippen molar-refractivity contribution in [3.8, 4) is 5.75 Å². The van der Waals surface area contributed by atoms with Crippen LogP contribution in [0, 0.1) is 5.92 Å². The summed E-state index contributed by atoms with van der Waals surface area (Å²) in [5.74, 6) is 1.76. The molecule has 1 aromatic carbocycles. The van der Waals surface area contributed by atoms with Gasteiger partial charge in [-0.25, -0.2) is 15.0 Å². The van der Waals surface area contributed by atoms with Gasteiger partial charge in [-0.1, -0.05) is 0 Å². The molecule has 0 saturated carbocycles. The maximum absolute atomic E-state index is 11.9. The van der Waals surface area contributed by atoms with Crippen LogP contribution >= 0.6 is 0 Å². The van der Waals surface area contributed by atoms with Crippen molar-refractivity contribution in [1.29, 1.82) is 0 Å². The summed E-state index contributed by atoms with van der Waals surface area (Å²) in [6.07, 6.45) is 2.62. The molecule has 0 atom stereocenters. The predicted molar refractivity (Wildman–Crippen MR) is 121 cm³/mol. The van der Waals surface area contributed by atoms with Crippen LogP contribution in [-0.2, 0) is 0 Å². The number of rotatable bonds is 7. The van der Waals surface area contributed by atoms with Crippen LogP contribution in [0.5, 0.6) is 5.75 Å². The highest BCUT2D eigenvalue weighted by atomic mass is 16.5.